The van der Waals surface area contributed by atoms with Crippen LogP contribution in [0.1, 0.15) is 33.3 Å². The van der Waals surface area contributed by atoms with Crippen molar-refractivity contribution in [2.24, 2.45) is 11.1 Å². The van der Waals surface area contributed by atoms with Gasteiger partial charge in [0.05, 0.1) is 5.52 Å². The van der Waals surface area contributed by atoms with E-state index in [1.165, 1.54) is 10.9 Å². The van der Waals surface area contributed by atoms with E-state index < -0.39 is 0 Å². The SMILES string of the molecule is CC(N(C)c1nc2ccccc2cc1CCN)C(C)(C)C. The van der Waals surface area contributed by atoms with Crippen molar-refractivity contribution in [1.82, 2.24) is 4.98 Å². The number of nitrogens with zero attached hydrogens (tertiary/aromatic N) is 2. The van der Waals surface area contributed by atoms with Gasteiger partial charge in [-0.05, 0) is 43.0 Å². The van der Waals surface area contributed by atoms with Crippen molar-refractivity contribution < 1.29 is 0 Å². The summed E-state index contributed by atoms with van der Waals surface area (Å²) in [5.41, 5.74) is 8.26. The first-order valence-corrected chi connectivity index (χ1v) is 7.66. The highest BCUT2D eigenvalue weighted by molar-refractivity contribution is 5.81. The largest absolute Gasteiger partial charge is 0.356 e. The van der Waals surface area contributed by atoms with E-state index in [-0.39, 0.29) is 5.41 Å². The molecule has 0 aliphatic rings. The zero-order valence-electron chi connectivity index (χ0n) is 13.9. The number of anilines is 1. The molecule has 0 aliphatic carbocycles. The molecule has 1 aromatic carbocycles. The lowest BCUT2D eigenvalue weighted by Crippen LogP contribution is -2.40. The van der Waals surface area contributed by atoms with E-state index in [0.717, 1.165) is 17.8 Å². The van der Waals surface area contributed by atoms with Crippen LogP contribution in [0.5, 0.6) is 0 Å². The standard InChI is InChI=1S/C18H27N3/c1-13(18(2,3)4)21(5)17-15(10-11-19)12-14-8-6-7-9-16(14)20-17/h6-9,12-13H,10-11,19H2,1-5H3. The molecule has 114 valence electrons. The smallest absolute Gasteiger partial charge is 0.132 e. The Bertz CT molecular complexity index is 613. The molecule has 1 aromatic heterocycles. The molecule has 0 saturated carbocycles. The molecule has 2 N–H and O–H groups in total. The normalized spacial score (nSPS) is 13.4. The van der Waals surface area contributed by atoms with Crippen LogP contribution in [-0.4, -0.2) is 24.6 Å². The van der Waals surface area contributed by atoms with Crippen LogP contribution < -0.4 is 10.6 Å². The molecule has 0 fully saturated rings. The van der Waals surface area contributed by atoms with Crippen LogP contribution in [0.2, 0.25) is 0 Å². The predicted octanol–water partition coefficient (Wildman–Crippen LogP) is 3.61. The molecule has 1 unspecified atom stereocenters. The highest BCUT2D eigenvalue weighted by atomic mass is 15.2. The van der Waals surface area contributed by atoms with E-state index in [4.69, 9.17) is 10.7 Å². The molecule has 0 amide bonds. The van der Waals surface area contributed by atoms with Crippen molar-refractivity contribution in [2.45, 2.75) is 40.2 Å². The third-order valence-corrected chi connectivity index (χ3v) is 4.36. The minimum absolute atomic E-state index is 0.196. The lowest BCUT2D eigenvalue weighted by atomic mass is 9.87. The summed E-state index contributed by atoms with van der Waals surface area (Å²) in [6.07, 6.45) is 0.856. The van der Waals surface area contributed by atoms with Gasteiger partial charge in [-0.2, -0.15) is 0 Å². The average Bonchev–Trinajstić information content (AvgIpc) is 2.44. The fraction of sp³-hybridized carbons (Fsp3) is 0.500. The van der Waals surface area contributed by atoms with E-state index in [1.807, 2.05) is 6.07 Å². The van der Waals surface area contributed by atoms with Crippen LogP contribution in [0, 0.1) is 5.41 Å². The fourth-order valence-electron chi connectivity index (χ4n) is 2.56. The molecule has 1 atom stereocenters. The molecule has 3 heteroatoms. The second-order valence-corrected chi connectivity index (χ2v) is 6.86. The third-order valence-electron chi connectivity index (χ3n) is 4.36. The molecule has 3 nitrogen and oxygen atoms in total. The number of hydrogen-bond donors (Lipinski definition) is 1. The number of aromatic nitrogens is 1. The van der Waals surface area contributed by atoms with Gasteiger partial charge in [0.1, 0.15) is 5.82 Å². The minimum atomic E-state index is 0.196. The number of para-hydroxylation sites is 1. The van der Waals surface area contributed by atoms with Gasteiger partial charge in [0.25, 0.3) is 0 Å². The summed E-state index contributed by atoms with van der Waals surface area (Å²) < 4.78 is 0. The van der Waals surface area contributed by atoms with Crippen LogP contribution in [0.3, 0.4) is 0 Å². The van der Waals surface area contributed by atoms with Gasteiger partial charge >= 0.3 is 0 Å². The quantitative estimate of drug-likeness (QED) is 0.933. The van der Waals surface area contributed by atoms with Crippen LogP contribution in [-0.2, 0) is 6.42 Å². The Morgan fingerprint density at radius 1 is 1.24 bits per heavy atom. The molecule has 0 aliphatic heterocycles. The van der Waals surface area contributed by atoms with Gasteiger partial charge in [-0.1, -0.05) is 39.0 Å². The Labute approximate surface area is 128 Å². The van der Waals surface area contributed by atoms with Crippen LogP contribution in [0.25, 0.3) is 10.9 Å². The van der Waals surface area contributed by atoms with Crippen molar-refractivity contribution in [1.29, 1.82) is 0 Å². The van der Waals surface area contributed by atoms with Crippen LogP contribution in [0.4, 0.5) is 5.82 Å². The van der Waals surface area contributed by atoms with Gasteiger partial charge < -0.3 is 10.6 Å². The van der Waals surface area contributed by atoms with Gasteiger partial charge in [-0.25, -0.2) is 4.98 Å². The summed E-state index contributed by atoms with van der Waals surface area (Å²) in [6.45, 7) is 9.68. The molecule has 0 spiro atoms. The Morgan fingerprint density at radius 3 is 2.52 bits per heavy atom. The summed E-state index contributed by atoms with van der Waals surface area (Å²) in [5, 5.41) is 1.18. The second-order valence-electron chi connectivity index (χ2n) is 6.86. The molecule has 0 saturated heterocycles. The first kappa shape index (κ1) is 15.8. The molecule has 2 aromatic rings. The Hall–Kier alpha value is -1.61. The van der Waals surface area contributed by atoms with Crippen molar-refractivity contribution >= 4 is 16.7 Å². The van der Waals surface area contributed by atoms with Gasteiger partial charge in [-0.15, -0.1) is 0 Å². The Balaban J connectivity index is 2.52. The van der Waals surface area contributed by atoms with Crippen molar-refractivity contribution in [3.8, 4) is 0 Å². The van der Waals surface area contributed by atoms with E-state index >= 15 is 0 Å². The molecular formula is C18H27N3. The molecule has 0 bridgehead atoms. The number of rotatable bonds is 4. The van der Waals surface area contributed by atoms with Crippen LogP contribution >= 0.6 is 0 Å². The lowest BCUT2D eigenvalue weighted by Gasteiger charge is -2.37. The number of pyridine rings is 1. The highest BCUT2D eigenvalue weighted by Gasteiger charge is 2.26. The maximum Gasteiger partial charge on any atom is 0.132 e. The van der Waals surface area contributed by atoms with E-state index in [9.17, 15) is 0 Å². The van der Waals surface area contributed by atoms with E-state index in [0.29, 0.717) is 12.6 Å². The maximum absolute atomic E-state index is 5.79. The fourth-order valence-corrected chi connectivity index (χ4v) is 2.56. The summed E-state index contributed by atoms with van der Waals surface area (Å²) in [7, 11) is 2.13. The summed E-state index contributed by atoms with van der Waals surface area (Å²) in [5.74, 6) is 1.06. The maximum atomic E-state index is 5.79. The zero-order chi connectivity index (χ0) is 15.6. The van der Waals surface area contributed by atoms with E-state index in [2.05, 4.69) is 63.9 Å². The summed E-state index contributed by atoms with van der Waals surface area (Å²) in [4.78, 5) is 7.19. The minimum Gasteiger partial charge on any atom is -0.356 e. The molecular weight excluding hydrogens is 258 g/mol. The summed E-state index contributed by atoms with van der Waals surface area (Å²) in [6, 6.07) is 10.9. The van der Waals surface area contributed by atoms with Gasteiger partial charge in [0.15, 0.2) is 0 Å². The third kappa shape index (κ3) is 3.35. The predicted molar refractivity (Wildman–Crippen MR) is 91.8 cm³/mol. The lowest BCUT2D eigenvalue weighted by molar-refractivity contribution is 0.328. The number of fused-ring (bicyclic) bond motifs is 1. The average molecular weight is 285 g/mol. The Morgan fingerprint density at radius 2 is 1.90 bits per heavy atom. The van der Waals surface area contributed by atoms with Gasteiger partial charge in [0.2, 0.25) is 0 Å². The number of hydrogen-bond acceptors (Lipinski definition) is 3. The monoisotopic (exact) mass is 285 g/mol. The van der Waals surface area contributed by atoms with Gasteiger partial charge in [0, 0.05) is 18.5 Å². The zero-order valence-corrected chi connectivity index (χ0v) is 13.9. The first-order chi connectivity index (χ1) is 9.84. The molecule has 21 heavy (non-hydrogen) atoms. The number of benzene rings is 1. The number of nitrogens with two attached hydrogens (primary N) is 1. The van der Waals surface area contributed by atoms with Crippen molar-refractivity contribution in [3.05, 3.63) is 35.9 Å². The highest BCUT2D eigenvalue weighted by Crippen LogP contribution is 2.30. The molecule has 2 rings (SSSR count). The van der Waals surface area contributed by atoms with Gasteiger partial charge in [-0.3, -0.25) is 0 Å². The summed E-state index contributed by atoms with van der Waals surface area (Å²) >= 11 is 0. The van der Waals surface area contributed by atoms with Crippen LogP contribution in [0.15, 0.2) is 30.3 Å². The molecule has 0 radical (unpaired) electrons. The first-order valence-electron chi connectivity index (χ1n) is 7.66. The Kier molecular flexibility index (Phi) is 4.52. The van der Waals surface area contributed by atoms with Crippen molar-refractivity contribution in [2.75, 3.05) is 18.5 Å². The topological polar surface area (TPSA) is 42.2 Å². The van der Waals surface area contributed by atoms with Crippen molar-refractivity contribution in [3.63, 3.8) is 0 Å². The van der Waals surface area contributed by atoms with E-state index in [1.54, 1.807) is 0 Å². The second kappa shape index (κ2) is 6.02. The molecule has 1 heterocycles.